The van der Waals surface area contributed by atoms with Gasteiger partial charge in [0.1, 0.15) is 10.8 Å². The van der Waals surface area contributed by atoms with Crippen LogP contribution in [0.3, 0.4) is 0 Å². The van der Waals surface area contributed by atoms with E-state index < -0.39 is 10.0 Å². The zero-order valence-electron chi connectivity index (χ0n) is 11.3. The molecule has 0 radical (unpaired) electrons. The lowest BCUT2D eigenvalue weighted by Gasteiger charge is -2.06. The average molecular weight is 312 g/mol. The third-order valence-electron chi connectivity index (χ3n) is 2.66. The van der Waals surface area contributed by atoms with E-state index >= 15 is 0 Å². The second-order valence-electron chi connectivity index (χ2n) is 4.03. The Kier molecular flexibility index (Phi) is 4.69. The molecule has 0 aromatic carbocycles. The molecule has 2 aromatic rings. The topological polar surface area (TPSA) is 84.0 Å². The van der Waals surface area contributed by atoms with Gasteiger partial charge in [-0.15, -0.1) is 11.3 Å². The number of anilines is 1. The fourth-order valence-corrected chi connectivity index (χ4v) is 3.44. The summed E-state index contributed by atoms with van der Waals surface area (Å²) in [5, 5.41) is 3.57. The molecular weight excluding hydrogens is 296 g/mol. The van der Waals surface area contributed by atoms with Crippen molar-refractivity contribution in [1.82, 2.24) is 14.7 Å². The minimum atomic E-state index is -3.55. The molecule has 0 atom stereocenters. The smallest absolute Gasteiger partial charge is 0.241 e. The van der Waals surface area contributed by atoms with Crippen LogP contribution in [0.1, 0.15) is 16.8 Å². The van der Waals surface area contributed by atoms with E-state index in [1.165, 1.54) is 29.7 Å². The summed E-state index contributed by atoms with van der Waals surface area (Å²) in [7, 11) is -1.86. The standard InChI is InChI=1S/C12H16N4O2S2/c1-3-9-7-15-12(19-9)8-16-20(17,18)10-4-5-14-11(6-10)13-2/h4-7,16H,3,8H2,1-2H3,(H,13,14). The van der Waals surface area contributed by atoms with Gasteiger partial charge in [0.05, 0.1) is 11.4 Å². The number of thiazole rings is 1. The molecule has 0 saturated carbocycles. The largest absolute Gasteiger partial charge is 0.373 e. The fourth-order valence-electron chi connectivity index (χ4n) is 1.55. The van der Waals surface area contributed by atoms with Crippen molar-refractivity contribution in [3.63, 3.8) is 0 Å². The highest BCUT2D eigenvalue weighted by atomic mass is 32.2. The summed E-state index contributed by atoms with van der Waals surface area (Å²) >= 11 is 1.51. The van der Waals surface area contributed by atoms with Crippen LogP contribution in [0.25, 0.3) is 0 Å². The van der Waals surface area contributed by atoms with E-state index in [1.807, 2.05) is 6.92 Å². The average Bonchev–Trinajstić information content (AvgIpc) is 2.93. The SMILES string of the molecule is CCc1cnc(CNS(=O)(=O)c2ccnc(NC)c2)s1. The van der Waals surface area contributed by atoms with E-state index in [0.717, 1.165) is 16.3 Å². The van der Waals surface area contributed by atoms with E-state index in [0.29, 0.717) is 5.82 Å². The molecule has 0 aliphatic heterocycles. The molecule has 2 heterocycles. The lowest BCUT2D eigenvalue weighted by Crippen LogP contribution is -2.23. The van der Waals surface area contributed by atoms with Gasteiger partial charge in [-0.2, -0.15) is 0 Å². The minimum Gasteiger partial charge on any atom is -0.373 e. The lowest BCUT2D eigenvalue weighted by molar-refractivity contribution is 0.581. The van der Waals surface area contributed by atoms with Gasteiger partial charge >= 0.3 is 0 Å². The second-order valence-corrected chi connectivity index (χ2v) is 6.99. The summed E-state index contributed by atoms with van der Waals surface area (Å²) < 4.78 is 26.9. The highest BCUT2D eigenvalue weighted by Gasteiger charge is 2.15. The first kappa shape index (κ1) is 14.9. The molecule has 0 amide bonds. The van der Waals surface area contributed by atoms with Crippen molar-refractivity contribution in [3.05, 3.63) is 34.4 Å². The van der Waals surface area contributed by atoms with Gasteiger partial charge in [-0.05, 0) is 12.5 Å². The van der Waals surface area contributed by atoms with Crippen molar-refractivity contribution >= 4 is 27.2 Å². The lowest BCUT2D eigenvalue weighted by atomic mass is 10.4. The van der Waals surface area contributed by atoms with E-state index in [2.05, 4.69) is 20.0 Å². The van der Waals surface area contributed by atoms with E-state index in [9.17, 15) is 8.42 Å². The Morgan fingerprint density at radius 2 is 2.15 bits per heavy atom. The molecule has 0 fully saturated rings. The number of hydrogen-bond acceptors (Lipinski definition) is 6. The Balaban J connectivity index is 2.10. The first-order valence-corrected chi connectivity index (χ1v) is 8.42. The molecule has 0 saturated heterocycles. The van der Waals surface area contributed by atoms with Crippen LogP contribution in [0.5, 0.6) is 0 Å². The van der Waals surface area contributed by atoms with Crippen molar-refractivity contribution in [1.29, 1.82) is 0 Å². The second kappa shape index (κ2) is 6.29. The molecule has 8 heteroatoms. The summed E-state index contributed by atoms with van der Waals surface area (Å²) in [5.41, 5.74) is 0. The van der Waals surface area contributed by atoms with E-state index in [4.69, 9.17) is 0 Å². The Labute approximate surface area is 122 Å². The normalized spacial score (nSPS) is 11.5. The molecule has 0 aliphatic rings. The van der Waals surface area contributed by atoms with Gasteiger partial charge in [0, 0.05) is 30.4 Å². The number of aryl methyl sites for hydroxylation is 1. The Hall–Kier alpha value is -1.51. The number of rotatable bonds is 6. The van der Waals surface area contributed by atoms with Gasteiger partial charge in [0.15, 0.2) is 0 Å². The van der Waals surface area contributed by atoms with Crippen LogP contribution in [0.4, 0.5) is 5.82 Å². The van der Waals surface area contributed by atoms with Gasteiger partial charge < -0.3 is 5.32 Å². The summed E-state index contributed by atoms with van der Waals surface area (Å²) in [6, 6.07) is 2.95. The molecule has 0 unspecified atom stereocenters. The highest BCUT2D eigenvalue weighted by Crippen LogP contribution is 2.15. The molecule has 108 valence electrons. The fraction of sp³-hybridized carbons (Fsp3) is 0.333. The highest BCUT2D eigenvalue weighted by molar-refractivity contribution is 7.89. The molecule has 2 aromatic heterocycles. The number of pyridine rings is 1. The number of hydrogen-bond donors (Lipinski definition) is 2. The van der Waals surface area contributed by atoms with Crippen LogP contribution in [-0.2, 0) is 23.0 Å². The zero-order valence-corrected chi connectivity index (χ0v) is 12.9. The Morgan fingerprint density at radius 1 is 1.35 bits per heavy atom. The van der Waals surface area contributed by atoms with Crippen molar-refractivity contribution < 1.29 is 8.42 Å². The summed E-state index contributed by atoms with van der Waals surface area (Å²) in [6.45, 7) is 2.24. The number of nitrogens with one attached hydrogen (secondary N) is 2. The van der Waals surface area contributed by atoms with Crippen molar-refractivity contribution in [2.45, 2.75) is 24.8 Å². The summed E-state index contributed by atoms with van der Waals surface area (Å²) in [6.07, 6.45) is 4.14. The number of aromatic nitrogens is 2. The van der Waals surface area contributed by atoms with Crippen LogP contribution in [0.15, 0.2) is 29.4 Å². The van der Waals surface area contributed by atoms with Crippen LogP contribution in [0.2, 0.25) is 0 Å². The van der Waals surface area contributed by atoms with Crippen LogP contribution >= 0.6 is 11.3 Å². The predicted molar refractivity (Wildman–Crippen MR) is 79.3 cm³/mol. The Bertz CT molecular complexity index is 682. The molecule has 0 bridgehead atoms. The maximum Gasteiger partial charge on any atom is 0.241 e. The van der Waals surface area contributed by atoms with Crippen molar-refractivity contribution in [3.8, 4) is 0 Å². The van der Waals surface area contributed by atoms with Gasteiger partial charge in [0.25, 0.3) is 0 Å². The van der Waals surface area contributed by atoms with Crippen molar-refractivity contribution in [2.75, 3.05) is 12.4 Å². The van der Waals surface area contributed by atoms with Crippen LogP contribution in [0, 0.1) is 0 Å². The zero-order chi connectivity index (χ0) is 14.6. The van der Waals surface area contributed by atoms with Gasteiger partial charge in [-0.3, -0.25) is 0 Å². The van der Waals surface area contributed by atoms with Crippen molar-refractivity contribution in [2.24, 2.45) is 0 Å². The van der Waals surface area contributed by atoms with Crippen LogP contribution < -0.4 is 10.0 Å². The minimum absolute atomic E-state index is 0.184. The number of sulfonamides is 1. The first-order valence-electron chi connectivity index (χ1n) is 6.12. The predicted octanol–water partition coefficient (Wildman–Crippen LogP) is 1.62. The van der Waals surface area contributed by atoms with E-state index in [-0.39, 0.29) is 11.4 Å². The quantitative estimate of drug-likeness (QED) is 0.847. The van der Waals surface area contributed by atoms with Gasteiger partial charge in [0.2, 0.25) is 10.0 Å². The van der Waals surface area contributed by atoms with Crippen LogP contribution in [-0.4, -0.2) is 25.4 Å². The molecule has 0 aliphatic carbocycles. The molecular formula is C12H16N4O2S2. The first-order chi connectivity index (χ1) is 9.55. The molecule has 0 spiro atoms. The maximum atomic E-state index is 12.2. The molecule has 2 rings (SSSR count). The third-order valence-corrected chi connectivity index (χ3v) is 5.20. The summed E-state index contributed by atoms with van der Waals surface area (Å²) in [4.78, 5) is 9.50. The molecule has 20 heavy (non-hydrogen) atoms. The van der Waals surface area contributed by atoms with E-state index in [1.54, 1.807) is 13.2 Å². The maximum absolute atomic E-state index is 12.2. The Morgan fingerprint density at radius 3 is 2.80 bits per heavy atom. The molecule has 2 N–H and O–H groups in total. The third kappa shape index (κ3) is 3.53. The van der Waals surface area contributed by atoms with Gasteiger partial charge in [-0.1, -0.05) is 6.92 Å². The number of nitrogens with zero attached hydrogens (tertiary/aromatic N) is 2. The summed E-state index contributed by atoms with van der Waals surface area (Å²) in [5.74, 6) is 0.510. The van der Waals surface area contributed by atoms with Gasteiger partial charge in [-0.25, -0.2) is 23.1 Å². The molecule has 6 nitrogen and oxygen atoms in total. The monoisotopic (exact) mass is 312 g/mol.